The van der Waals surface area contributed by atoms with Gasteiger partial charge in [0, 0.05) is 19.8 Å². The molecule has 0 saturated carbocycles. The Hall–Kier alpha value is -2.56. The fourth-order valence-corrected chi connectivity index (χ4v) is 1.92. The van der Waals surface area contributed by atoms with Crippen molar-refractivity contribution >= 4 is 28.4 Å². The molecule has 0 fully saturated rings. The zero-order valence-corrected chi connectivity index (χ0v) is 10.5. The zero-order chi connectivity index (χ0) is 14.2. The van der Waals surface area contributed by atoms with Crippen LogP contribution < -0.4 is 4.90 Å². The Morgan fingerprint density at radius 3 is 1.89 bits per heavy atom. The van der Waals surface area contributed by atoms with Gasteiger partial charge in [-0.3, -0.25) is 0 Å². The molecule has 0 unspecified atom stereocenters. The predicted octanol–water partition coefficient (Wildman–Crippen LogP) is 2.30. The Kier molecular flexibility index (Phi) is 3.12. The number of anilines is 1. The topological polar surface area (TPSA) is 77.8 Å². The molecule has 0 saturated heterocycles. The van der Waals surface area contributed by atoms with Crippen LogP contribution in [0.25, 0.3) is 10.8 Å². The van der Waals surface area contributed by atoms with E-state index in [1.54, 1.807) is 6.07 Å². The molecular formula is C14H13NO4. The third kappa shape index (κ3) is 2.35. The average Bonchev–Trinajstić information content (AvgIpc) is 2.36. The lowest BCUT2D eigenvalue weighted by Crippen LogP contribution is -2.09. The molecule has 0 heterocycles. The molecule has 0 spiro atoms. The van der Waals surface area contributed by atoms with Crippen molar-refractivity contribution in [3.8, 4) is 0 Å². The Balaban J connectivity index is 2.74. The van der Waals surface area contributed by atoms with Crippen LogP contribution in [0.2, 0.25) is 0 Å². The number of carboxylic acid groups (broad SMARTS) is 2. The van der Waals surface area contributed by atoms with Gasteiger partial charge in [0.25, 0.3) is 0 Å². The van der Waals surface area contributed by atoms with Gasteiger partial charge in [0.15, 0.2) is 0 Å². The van der Waals surface area contributed by atoms with Crippen LogP contribution in [0, 0.1) is 0 Å². The van der Waals surface area contributed by atoms with Gasteiger partial charge in [0.2, 0.25) is 0 Å². The minimum Gasteiger partial charge on any atom is -0.478 e. The summed E-state index contributed by atoms with van der Waals surface area (Å²) in [7, 11) is 3.76. The molecule has 0 amide bonds. The molecule has 2 N–H and O–H groups in total. The van der Waals surface area contributed by atoms with Gasteiger partial charge in [0.1, 0.15) is 0 Å². The van der Waals surface area contributed by atoms with E-state index in [0.717, 1.165) is 5.69 Å². The number of benzene rings is 2. The van der Waals surface area contributed by atoms with Crippen LogP contribution >= 0.6 is 0 Å². The van der Waals surface area contributed by atoms with Gasteiger partial charge in [-0.25, -0.2) is 9.59 Å². The van der Waals surface area contributed by atoms with E-state index in [9.17, 15) is 9.59 Å². The highest BCUT2D eigenvalue weighted by Gasteiger charge is 2.17. The molecule has 5 heteroatoms. The minimum absolute atomic E-state index is 0.197. The maximum atomic E-state index is 11.1. The van der Waals surface area contributed by atoms with Crippen molar-refractivity contribution in [2.24, 2.45) is 0 Å². The highest BCUT2D eigenvalue weighted by Crippen LogP contribution is 2.24. The molecule has 2 aromatic carbocycles. The number of aromatic carboxylic acids is 2. The Morgan fingerprint density at radius 1 is 0.895 bits per heavy atom. The summed E-state index contributed by atoms with van der Waals surface area (Å²) in [4.78, 5) is 24.1. The van der Waals surface area contributed by atoms with E-state index < -0.39 is 11.9 Å². The third-order valence-electron chi connectivity index (χ3n) is 2.94. The van der Waals surface area contributed by atoms with E-state index in [1.165, 1.54) is 12.1 Å². The van der Waals surface area contributed by atoms with Gasteiger partial charge in [0.05, 0.1) is 11.1 Å². The molecule has 0 aliphatic heterocycles. The number of rotatable bonds is 3. The SMILES string of the molecule is CN(C)c1ccc2cc(C(=O)O)c(C(=O)O)cc2c1. The summed E-state index contributed by atoms with van der Waals surface area (Å²) >= 11 is 0. The lowest BCUT2D eigenvalue weighted by molar-refractivity contribution is 0.0652. The number of fused-ring (bicyclic) bond motifs is 1. The van der Waals surface area contributed by atoms with Crippen LogP contribution in [0.5, 0.6) is 0 Å². The van der Waals surface area contributed by atoms with E-state index in [4.69, 9.17) is 10.2 Å². The molecule has 5 nitrogen and oxygen atoms in total. The number of nitrogens with zero attached hydrogens (tertiary/aromatic N) is 1. The first kappa shape index (κ1) is 12.9. The first-order chi connectivity index (χ1) is 8.90. The van der Waals surface area contributed by atoms with E-state index in [-0.39, 0.29) is 11.1 Å². The highest BCUT2D eigenvalue weighted by atomic mass is 16.4. The highest BCUT2D eigenvalue weighted by molar-refractivity contribution is 6.06. The molecule has 0 aliphatic rings. The average molecular weight is 259 g/mol. The van der Waals surface area contributed by atoms with Crippen LogP contribution in [0.4, 0.5) is 5.69 Å². The maximum Gasteiger partial charge on any atom is 0.336 e. The molecule has 0 radical (unpaired) electrons. The summed E-state index contributed by atoms with van der Waals surface area (Å²) < 4.78 is 0. The van der Waals surface area contributed by atoms with Crippen LogP contribution in [0.15, 0.2) is 30.3 Å². The molecular weight excluding hydrogens is 246 g/mol. The van der Waals surface area contributed by atoms with Crippen molar-refractivity contribution < 1.29 is 19.8 Å². The van der Waals surface area contributed by atoms with E-state index in [0.29, 0.717) is 10.8 Å². The second kappa shape index (κ2) is 4.61. The molecule has 2 rings (SSSR count). The van der Waals surface area contributed by atoms with Crippen LogP contribution in [-0.4, -0.2) is 36.2 Å². The van der Waals surface area contributed by atoms with E-state index >= 15 is 0 Å². The van der Waals surface area contributed by atoms with E-state index in [1.807, 2.05) is 31.1 Å². The summed E-state index contributed by atoms with van der Waals surface area (Å²) in [5.74, 6) is -2.48. The molecule has 98 valence electrons. The Labute approximate surface area is 109 Å². The fourth-order valence-electron chi connectivity index (χ4n) is 1.92. The Bertz CT molecular complexity index is 676. The van der Waals surface area contributed by atoms with Crippen LogP contribution in [0.1, 0.15) is 20.7 Å². The number of hydrogen-bond acceptors (Lipinski definition) is 3. The van der Waals surface area contributed by atoms with E-state index in [2.05, 4.69) is 0 Å². The molecule has 0 aromatic heterocycles. The summed E-state index contributed by atoms with van der Waals surface area (Å²) in [6.45, 7) is 0. The first-order valence-corrected chi connectivity index (χ1v) is 5.62. The lowest BCUT2D eigenvalue weighted by Gasteiger charge is -2.13. The van der Waals surface area contributed by atoms with Gasteiger partial charge >= 0.3 is 11.9 Å². The Morgan fingerprint density at radius 2 is 1.42 bits per heavy atom. The maximum absolute atomic E-state index is 11.1. The fraction of sp³-hybridized carbons (Fsp3) is 0.143. The van der Waals surface area contributed by atoms with Crippen molar-refractivity contribution in [1.82, 2.24) is 0 Å². The molecule has 2 aromatic rings. The van der Waals surface area contributed by atoms with Crippen molar-refractivity contribution in [2.45, 2.75) is 0 Å². The number of carboxylic acids is 2. The van der Waals surface area contributed by atoms with Gasteiger partial charge in [-0.2, -0.15) is 0 Å². The summed E-state index contributed by atoms with van der Waals surface area (Å²) in [6.07, 6.45) is 0. The monoisotopic (exact) mass is 259 g/mol. The second-order valence-electron chi connectivity index (χ2n) is 4.43. The van der Waals surface area contributed by atoms with Crippen molar-refractivity contribution in [3.63, 3.8) is 0 Å². The van der Waals surface area contributed by atoms with Crippen molar-refractivity contribution in [1.29, 1.82) is 0 Å². The van der Waals surface area contributed by atoms with Crippen LogP contribution in [0.3, 0.4) is 0 Å². The summed E-state index contributed by atoms with van der Waals surface area (Å²) in [5.41, 5.74) is 0.528. The summed E-state index contributed by atoms with van der Waals surface area (Å²) in [5, 5.41) is 19.5. The first-order valence-electron chi connectivity index (χ1n) is 5.62. The van der Waals surface area contributed by atoms with Crippen molar-refractivity contribution in [3.05, 3.63) is 41.5 Å². The van der Waals surface area contributed by atoms with Crippen LogP contribution in [-0.2, 0) is 0 Å². The quantitative estimate of drug-likeness (QED) is 0.884. The standard InChI is InChI=1S/C14H13NO4/c1-15(2)10-4-3-8-6-11(13(16)17)12(14(18)19)7-9(8)5-10/h3-7H,1-2H3,(H,16,17)(H,18,19). The molecule has 0 bridgehead atoms. The largest absolute Gasteiger partial charge is 0.478 e. The number of carbonyl (C=O) groups is 2. The van der Waals surface area contributed by atoms with Crippen molar-refractivity contribution in [2.75, 3.05) is 19.0 Å². The van der Waals surface area contributed by atoms with Gasteiger partial charge in [-0.1, -0.05) is 6.07 Å². The molecule has 0 aliphatic carbocycles. The molecule has 0 atom stereocenters. The summed E-state index contributed by atoms with van der Waals surface area (Å²) in [6, 6.07) is 8.25. The number of hydrogen-bond donors (Lipinski definition) is 2. The normalized spacial score (nSPS) is 10.4. The zero-order valence-electron chi connectivity index (χ0n) is 10.5. The second-order valence-corrected chi connectivity index (χ2v) is 4.43. The lowest BCUT2D eigenvalue weighted by atomic mass is 10.0. The predicted molar refractivity (Wildman–Crippen MR) is 72.2 cm³/mol. The third-order valence-corrected chi connectivity index (χ3v) is 2.94. The van der Waals surface area contributed by atoms with Gasteiger partial charge in [-0.15, -0.1) is 0 Å². The van der Waals surface area contributed by atoms with Gasteiger partial charge < -0.3 is 15.1 Å². The smallest absolute Gasteiger partial charge is 0.336 e. The molecule has 19 heavy (non-hydrogen) atoms. The van der Waals surface area contributed by atoms with Gasteiger partial charge in [-0.05, 0) is 35.0 Å². The minimum atomic E-state index is -1.24.